The molecule has 0 aliphatic heterocycles. The van der Waals surface area contributed by atoms with Gasteiger partial charge in [0.05, 0.1) is 7.11 Å². The Bertz CT molecular complexity index is 1020. The number of aromatic amines is 1. The topological polar surface area (TPSA) is 49.9 Å². The van der Waals surface area contributed by atoms with E-state index in [4.69, 9.17) is 4.74 Å². The van der Waals surface area contributed by atoms with Crippen LogP contribution in [-0.2, 0) is 6.42 Å². The number of aromatic nitrogens is 2. The van der Waals surface area contributed by atoms with Crippen molar-refractivity contribution in [2.24, 2.45) is 0 Å². The van der Waals surface area contributed by atoms with Crippen molar-refractivity contribution in [1.82, 2.24) is 9.97 Å². The number of rotatable bonds is 7. The maximum absolute atomic E-state index is 5.20. The number of benzene rings is 2. The van der Waals surface area contributed by atoms with Crippen molar-refractivity contribution in [1.29, 1.82) is 0 Å². The number of anilines is 1. The predicted molar refractivity (Wildman–Crippen MR) is 111 cm³/mol. The van der Waals surface area contributed by atoms with Gasteiger partial charge in [-0.15, -0.1) is 0 Å². The average Bonchev–Trinajstić information content (AvgIpc) is 3.20. The quantitative estimate of drug-likeness (QED) is 0.442. The first kappa shape index (κ1) is 17.2. The first-order valence-corrected chi connectivity index (χ1v) is 9.22. The van der Waals surface area contributed by atoms with E-state index in [-0.39, 0.29) is 0 Å². The van der Waals surface area contributed by atoms with E-state index in [1.807, 2.05) is 30.6 Å². The van der Waals surface area contributed by atoms with Gasteiger partial charge in [0.2, 0.25) is 0 Å². The van der Waals surface area contributed by atoms with E-state index in [0.717, 1.165) is 42.0 Å². The third-order valence-electron chi connectivity index (χ3n) is 4.75. The lowest BCUT2D eigenvalue weighted by Gasteiger charge is -2.06. The number of aryl methyl sites for hydroxylation is 1. The van der Waals surface area contributed by atoms with Crippen LogP contribution in [0, 0.1) is 0 Å². The maximum Gasteiger partial charge on any atom is 0.118 e. The lowest BCUT2D eigenvalue weighted by atomic mass is 10.1. The summed E-state index contributed by atoms with van der Waals surface area (Å²) in [7, 11) is 1.69. The van der Waals surface area contributed by atoms with E-state index in [2.05, 4.69) is 57.7 Å². The Balaban J connectivity index is 1.33. The molecule has 4 heteroatoms. The van der Waals surface area contributed by atoms with Crippen LogP contribution in [0.2, 0.25) is 0 Å². The van der Waals surface area contributed by atoms with Crippen molar-refractivity contribution in [2.75, 3.05) is 19.0 Å². The summed E-state index contributed by atoms with van der Waals surface area (Å²) >= 11 is 0. The fourth-order valence-corrected chi connectivity index (χ4v) is 3.23. The molecule has 0 saturated carbocycles. The minimum atomic E-state index is 0.903. The van der Waals surface area contributed by atoms with Crippen LogP contribution in [0.1, 0.15) is 12.0 Å². The summed E-state index contributed by atoms with van der Waals surface area (Å²) < 4.78 is 5.20. The van der Waals surface area contributed by atoms with Gasteiger partial charge < -0.3 is 15.0 Å². The lowest BCUT2D eigenvalue weighted by molar-refractivity contribution is 0.414. The molecule has 0 unspecified atom stereocenters. The minimum Gasteiger partial charge on any atom is -0.497 e. The van der Waals surface area contributed by atoms with Crippen LogP contribution in [0.5, 0.6) is 5.75 Å². The molecule has 2 aromatic heterocycles. The van der Waals surface area contributed by atoms with Crippen LogP contribution in [-0.4, -0.2) is 23.6 Å². The Kier molecular flexibility index (Phi) is 5.06. The van der Waals surface area contributed by atoms with Crippen LogP contribution in [0.25, 0.3) is 22.0 Å². The molecule has 0 aliphatic carbocycles. The van der Waals surface area contributed by atoms with Crippen molar-refractivity contribution in [3.05, 3.63) is 78.6 Å². The summed E-state index contributed by atoms with van der Waals surface area (Å²) in [6.07, 6.45) is 5.84. The summed E-state index contributed by atoms with van der Waals surface area (Å²) in [5, 5.41) is 5.83. The number of H-pyrrole nitrogens is 1. The van der Waals surface area contributed by atoms with Crippen molar-refractivity contribution < 1.29 is 4.74 Å². The molecule has 4 nitrogen and oxygen atoms in total. The molecular weight excluding hydrogens is 334 g/mol. The molecule has 0 aliphatic rings. The number of nitrogens with zero attached hydrogens (tertiary/aromatic N) is 1. The molecule has 0 amide bonds. The van der Waals surface area contributed by atoms with Crippen LogP contribution >= 0.6 is 0 Å². The zero-order valence-corrected chi connectivity index (χ0v) is 15.4. The molecular formula is C23H23N3O. The van der Waals surface area contributed by atoms with Crippen molar-refractivity contribution >= 4 is 16.6 Å². The van der Waals surface area contributed by atoms with Crippen molar-refractivity contribution in [3.8, 4) is 17.0 Å². The molecule has 0 fully saturated rings. The highest BCUT2D eigenvalue weighted by Crippen LogP contribution is 2.24. The van der Waals surface area contributed by atoms with Crippen LogP contribution in [0.3, 0.4) is 0 Å². The molecule has 0 radical (unpaired) electrons. The Morgan fingerprint density at radius 3 is 2.70 bits per heavy atom. The molecule has 27 heavy (non-hydrogen) atoms. The second-order valence-corrected chi connectivity index (χ2v) is 6.60. The second kappa shape index (κ2) is 7.96. The fraction of sp³-hybridized carbons (Fsp3) is 0.174. The van der Waals surface area contributed by atoms with Gasteiger partial charge in [-0.25, -0.2) is 0 Å². The average molecular weight is 357 g/mol. The first-order chi connectivity index (χ1) is 13.3. The number of methoxy groups -OCH3 is 1. The first-order valence-electron chi connectivity index (χ1n) is 9.22. The molecule has 0 saturated heterocycles. The summed E-state index contributed by atoms with van der Waals surface area (Å²) in [6, 6.07) is 21.0. The number of pyridine rings is 1. The molecule has 0 atom stereocenters. The molecule has 0 spiro atoms. The van der Waals surface area contributed by atoms with E-state index < -0.39 is 0 Å². The van der Waals surface area contributed by atoms with Crippen molar-refractivity contribution in [3.63, 3.8) is 0 Å². The van der Waals surface area contributed by atoms with E-state index in [0.29, 0.717) is 0 Å². The Morgan fingerprint density at radius 1 is 0.963 bits per heavy atom. The third-order valence-corrected chi connectivity index (χ3v) is 4.75. The highest BCUT2D eigenvalue weighted by atomic mass is 16.5. The molecule has 2 N–H and O–H groups in total. The van der Waals surface area contributed by atoms with Gasteiger partial charge in [-0.3, -0.25) is 4.98 Å². The summed E-state index contributed by atoms with van der Waals surface area (Å²) in [5.74, 6) is 1.95. The molecule has 2 aromatic carbocycles. The Morgan fingerprint density at radius 2 is 1.85 bits per heavy atom. The Hall–Kier alpha value is -3.27. The monoisotopic (exact) mass is 357 g/mol. The second-order valence-electron chi connectivity index (χ2n) is 6.60. The number of ether oxygens (including phenoxy) is 1. The highest BCUT2D eigenvalue weighted by Gasteiger charge is 2.03. The largest absolute Gasteiger partial charge is 0.497 e. The normalized spacial score (nSPS) is 10.9. The standard InChI is InChI=1S/C23H23N3O/c1-27-21-8-4-17(5-9-21)3-2-13-25-23-11-10-22(26-23)19-6-7-20-16-24-14-12-18(20)15-19/h4-12,14-16,25-26H,2-3,13H2,1H3. The van der Waals surface area contributed by atoms with Gasteiger partial charge >= 0.3 is 0 Å². The van der Waals surface area contributed by atoms with E-state index in [1.54, 1.807) is 7.11 Å². The summed E-state index contributed by atoms with van der Waals surface area (Å²) in [6.45, 7) is 0.926. The van der Waals surface area contributed by atoms with E-state index in [9.17, 15) is 0 Å². The van der Waals surface area contributed by atoms with Crippen LogP contribution in [0.4, 0.5) is 5.82 Å². The van der Waals surface area contributed by atoms with E-state index in [1.165, 1.54) is 16.5 Å². The lowest BCUT2D eigenvalue weighted by Crippen LogP contribution is -2.03. The number of hydrogen-bond acceptors (Lipinski definition) is 3. The fourth-order valence-electron chi connectivity index (χ4n) is 3.23. The summed E-state index contributed by atoms with van der Waals surface area (Å²) in [4.78, 5) is 7.63. The molecule has 2 heterocycles. The summed E-state index contributed by atoms with van der Waals surface area (Å²) in [5.41, 5.74) is 3.63. The van der Waals surface area contributed by atoms with Gasteiger partial charge in [0.1, 0.15) is 11.6 Å². The third kappa shape index (κ3) is 4.11. The molecule has 4 aromatic rings. The zero-order chi connectivity index (χ0) is 18.5. The van der Waals surface area contributed by atoms with Gasteiger partial charge in [0, 0.05) is 30.0 Å². The van der Waals surface area contributed by atoms with Crippen LogP contribution < -0.4 is 10.1 Å². The molecule has 0 bridgehead atoms. The van der Waals surface area contributed by atoms with Crippen LogP contribution in [0.15, 0.2) is 73.1 Å². The number of fused-ring (bicyclic) bond motifs is 1. The number of hydrogen-bond donors (Lipinski definition) is 2. The minimum absolute atomic E-state index is 0.903. The number of nitrogens with one attached hydrogen (secondary N) is 2. The predicted octanol–water partition coefficient (Wildman–Crippen LogP) is 5.28. The van der Waals surface area contributed by atoms with Gasteiger partial charge in [-0.2, -0.15) is 0 Å². The van der Waals surface area contributed by atoms with E-state index >= 15 is 0 Å². The molecule has 136 valence electrons. The van der Waals surface area contributed by atoms with Gasteiger partial charge in [0.15, 0.2) is 0 Å². The molecule has 4 rings (SSSR count). The smallest absolute Gasteiger partial charge is 0.118 e. The SMILES string of the molecule is COc1ccc(CCCNc2ccc(-c3ccc4cnccc4c3)[nH]2)cc1. The van der Waals surface area contributed by atoms with Gasteiger partial charge in [0.25, 0.3) is 0 Å². The Labute approximate surface area is 159 Å². The van der Waals surface area contributed by atoms with Gasteiger partial charge in [-0.05, 0) is 65.8 Å². The maximum atomic E-state index is 5.20. The van der Waals surface area contributed by atoms with Gasteiger partial charge in [-0.1, -0.05) is 24.3 Å². The highest BCUT2D eigenvalue weighted by molar-refractivity contribution is 5.86. The zero-order valence-electron chi connectivity index (χ0n) is 15.4. The van der Waals surface area contributed by atoms with Crippen molar-refractivity contribution in [2.45, 2.75) is 12.8 Å².